The van der Waals surface area contributed by atoms with Gasteiger partial charge in [0.2, 0.25) is 5.88 Å². The van der Waals surface area contributed by atoms with Crippen LogP contribution in [-0.2, 0) is 11.2 Å². The third-order valence-electron chi connectivity index (χ3n) is 1.54. The molecule has 5 nitrogen and oxygen atoms in total. The topological polar surface area (TPSA) is 75.2 Å². The Labute approximate surface area is 75.4 Å². The van der Waals surface area contributed by atoms with Crippen LogP contribution in [0.3, 0.4) is 0 Å². The average Bonchev–Trinajstić information content (AvgIpc) is 2.03. The van der Waals surface area contributed by atoms with E-state index in [4.69, 9.17) is 9.84 Å². The summed E-state index contributed by atoms with van der Waals surface area (Å²) in [5.74, 6) is 0.248. The molecule has 1 heterocycles. The molecule has 0 amide bonds. The number of nitrogens with one attached hydrogen (secondary N) is 1. The van der Waals surface area contributed by atoms with Crippen LogP contribution in [0.1, 0.15) is 12.2 Å². The highest BCUT2D eigenvalue weighted by Gasteiger charge is 1.98. The highest BCUT2D eigenvalue weighted by molar-refractivity contribution is 5.06. The minimum atomic E-state index is -0.333. The first-order valence-electron chi connectivity index (χ1n) is 4.00. The van der Waals surface area contributed by atoms with Crippen molar-refractivity contribution in [1.82, 2.24) is 9.97 Å². The quantitative estimate of drug-likeness (QED) is 0.648. The lowest BCUT2D eigenvalue weighted by Gasteiger charge is -1.99. The number of aryl methyl sites for hydroxylation is 1. The van der Waals surface area contributed by atoms with E-state index < -0.39 is 0 Å². The highest BCUT2D eigenvalue weighted by atomic mass is 16.5. The summed E-state index contributed by atoms with van der Waals surface area (Å²) < 4.78 is 4.84. The minimum Gasteiger partial charge on any atom is -0.493 e. The number of aromatic nitrogens is 2. The molecule has 72 valence electrons. The maximum atomic E-state index is 10.9. The third-order valence-corrected chi connectivity index (χ3v) is 1.54. The second-order valence-electron chi connectivity index (χ2n) is 2.65. The van der Waals surface area contributed by atoms with E-state index in [1.165, 1.54) is 0 Å². The van der Waals surface area contributed by atoms with Crippen molar-refractivity contribution < 1.29 is 9.84 Å². The molecule has 1 rings (SSSR count). The van der Waals surface area contributed by atoms with Crippen LogP contribution < -0.4 is 5.56 Å². The molecule has 0 aliphatic rings. The summed E-state index contributed by atoms with van der Waals surface area (Å²) in [6.45, 7) is 0.610. The van der Waals surface area contributed by atoms with Crippen molar-refractivity contribution in [2.75, 3.05) is 13.7 Å². The molecule has 0 spiro atoms. The molecule has 0 aliphatic heterocycles. The molecule has 0 aromatic carbocycles. The van der Waals surface area contributed by atoms with Gasteiger partial charge in [0.15, 0.2) is 0 Å². The number of hydrogen-bond acceptors (Lipinski definition) is 4. The van der Waals surface area contributed by atoms with Gasteiger partial charge in [-0.05, 0) is 6.42 Å². The molecule has 0 fully saturated rings. The summed E-state index contributed by atoms with van der Waals surface area (Å²) in [5, 5.41) is 8.99. The fraction of sp³-hybridized carbons (Fsp3) is 0.500. The van der Waals surface area contributed by atoms with Crippen molar-refractivity contribution in [2.45, 2.75) is 12.8 Å². The predicted molar refractivity (Wildman–Crippen MR) is 46.7 cm³/mol. The Morgan fingerprint density at radius 3 is 3.08 bits per heavy atom. The molecule has 0 bridgehead atoms. The van der Waals surface area contributed by atoms with E-state index in [0.717, 1.165) is 12.5 Å². The summed E-state index contributed by atoms with van der Waals surface area (Å²) in [6, 6.07) is 1.04. The SMILES string of the molecule is COCCCc1nc(O)cc(=O)[nH]1. The first-order chi connectivity index (χ1) is 6.22. The van der Waals surface area contributed by atoms with Gasteiger partial charge in [-0.2, -0.15) is 0 Å². The minimum absolute atomic E-state index is 0.240. The van der Waals surface area contributed by atoms with Gasteiger partial charge >= 0.3 is 0 Å². The lowest BCUT2D eigenvalue weighted by Crippen LogP contribution is -2.10. The van der Waals surface area contributed by atoms with Crippen molar-refractivity contribution >= 4 is 0 Å². The standard InChI is InChI=1S/C8H12N2O3/c1-13-4-2-3-6-9-7(11)5-8(12)10-6/h5H,2-4H2,1H3,(H2,9,10,11,12). The lowest BCUT2D eigenvalue weighted by atomic mass is 10.3. The van der Waals surface area contributed by atoms with E-state index in [9.17, 15) is 4.79 Å². The molecule has 2 N–H and O–H groups in total. The van der Waals surface area contributed by atoms with Crippen molar-refractivity contribution in [2.24, 2.45) is 0 Å². The Balaban J connectivity index is 2.61. The number of aromatic hydroxyl groups is 1. The molecule has 13 heavy (non-hydrogen) atoms. The first-order valence-corrected chi connectivity index (χ1v) is 4.00. The predicted octanol–water partition coefficient (Wildman–Crippen LogP) is 0.0545. The number of nitrogens with zero attached hydrogens (tertiary/aromatic N) is 1. The molecule has 1 aromatic rings. The van der Waals surface area contributed by atoms with Gasteiger partial charge in [-0.25, -0.2) is 4.98 Å². The number of aromatic amines is 1. The van der Waals surface area contributed by atoms with E-state index in [2.05, 4.69) is 9.97 Å². The summed E-state index contributed by atoms with van der Waals surface area (Å²) in [5.41, 5.74) is -0.333. The summed E-state index contributed by atoms with van der Waals surface area (Å²) >= 11 is 0. The Hall–Kier alpha value is -1.36. The monoisotopic (exact) mass is 184 g/mol. The fourth-order valence-corrected chi connectivity index (χ4v) is 0.996. The normalized spacial score (nSPS) is 10.2. The van der Waals surface area contributed by atoms with Gasteiger partial charge < -0.3 is 14.8 Å². The molecular formula is C8H12N2O3. The van der Waals surface area contributed by atoms with Gasteiger partial charge in [0.05, 0.1) is 6.07 Å². The molecular weight excluding hydrogens is 172 g/mol. The molecule has 0 aliphatic carbocycles. The van der Waals surface area contributed by atoms with Crippen LogP contribution in [0.2, 0.25) is 0 Å². The van der Waals surface area contributed by atoms with Crippen LogP contribution in [0.4, 0.5) is 0 Å². The molecule has 5 heteroatoms. The number of methoxy groups -OCH3 is 1. The summed E-state index contributed by atoms with van der Waals surface area (Å²) in [7, 11) is 1.61. The molecule has 0 unspecified atom stereocenters. The van der Waals surface area contributed by atoms with Crippen LogP contribution in [0.15, 0.2) is 10.9 Å². The zero-order chi connectivity index (χ0) is 9.68. The van der Waals surface area contributed by atoms with Crippen LogP contribution in [0.25, 0.3) is 0 Å². The van der Waals surface area contributed by atoms with Gasteiger partial charge in [-0.1, -0.05) is 0 Å². The average molecular weight is 184 g/mol. The van der Waals surface area contributed by atoms with Crippen molar-refractivity contribution in [3.05, 3.63) is 22.2 Å². The van der Waals surface area contributed by atoms with E-state index in [0.29, 0.717) is 18.9 Å². The van der Waals surface area contributed by atoms with Gasteiger partial charge in [0, 0.05) is 20.1 Å². The zero-order valence-electron chi connectivity index (χ0n) is 7.41. The first kappa shape index (κ1) is 9.73. The fourth-order valence-electron chi connectivity index (χ4n) is 0.996. The lowest BCUT2D eigenvalue weighted by molar-refractivity contribution is 0.194. The molecule has 0 saturated heterocycles. The van der Waals surface area contributed by atoms with Gasteiger partial charge in [-0.15, -0.1) is 0 Å². The van der Waals surface area contributed by atoms with Crippen molar-refractivity contribution in [3.8, 4) is 5.88 Å². The van der Waals surface area contributed by atoms with Gasteiger partial charge in [0.25, 0.3) is 5.56 Å². The van der Waals surface area contributed by atoms with Crippen molar-refractivity contribution in [3.63, 3.8) is 0 Å². The Morgan fingerprint density at radius 1 is 1.69 bits per heavy atom. The Bertz CT molecular complexity index is 321. The maximum absolute atomic E-state index is 10.9. The molecule has 0 saturated carbocycles. The van der Waals surface area contributed by atoms with Crippen LogP contribution in [-0.4, -0.2) is 28.8 Å². The van der Waals surface area contributed by atoms with E-state index in [1.807, 2.05) is 0 Å². The van der Waals surface area contributed by atoms with E-state index in [-0.39, 0.29) is 11.4 Å². The van der Waals surface area contributed by atoms with Gasteiger partial charge in [-0.3, -0.25) is 4.79 Å². The van der Waals surface area contributed by atoms with Crippen LogP contribution in [0.5, 0.6) is 5.88 Å². The zero-order valence-corrected chi connectivity index (χ0v) is 7.41. The van der Waals surface area contributed by atoms with Crippen molar-refractivity contribution in [1.29, 1.82) is 0 Å². The van der Waals surface area contributed by atoms with Gasteiger partial charge in [0.1, 0.15) is 5.82 Å². The largest absolute Gasteiger partial charge is 0.493 e. The number of hydrogen-bond donors (Lipinski definition) is 2. The molecule has 0 atom stereocenters. The number of H-pyrrole nitrogens is 1. The molecule has 0 radical (unpaired) electrons. The van der Waals surface area contributed by atoms with Crippen LogP contribution in [0, 0.1) is 0 Å². The number of rotatable bonds is 4. The molecule has 1 aromatic heterocycles. The Morgan fingerprint density at radius 2 is 2.46 bits per heavy atom. The maximum Gasteiger partial charge on any atom is 0.254 e. The second kappa shape index (κ2) is 4.61. The third kappa shape index (κ3) is 3.25. The summed E-state index contributed by atoms with van der Waals surface area (Å²) in [6.07, 6.45) is 1.36. The van der Waals surface area contributed by atoms with E-state index in [1.54, 1.807) is 7.11 Å². The smallest absolute Gasteiger partial charge is 0.254 e. The van der Waals surface area contributed by atoms with E-state index >= 15 is 0 Å². The highest BCUT2D eigenvalue weighted by Crippen LogP contribution is 2.00. The summed E-state index contributed by atoms with van der Waals surface area (Å²) in [4.78, 5) is 17.1. The van der Waals surface area contributed by atoms with Crippen LogP contribution >= 0.6 is 0 Å². The number of ether oxygens (including phenoxy) is 1. The second-order valence-corrected chi connectivity index (χ2v) is 2.65. The Kier molecular flexibility index (Phi) is 3.45.